The lowest BCUT2D eigenvalue weighted by Crippen LogP contribution is -2.28. The molecule has 0 spiro atoms. The highest BCUT2D eigenvalue weighted by atomic mass is 16.6. The van der Waals surface area contributed by atoms with Gasteiger partial charge in [0.15, 0.2) is 0 Å². The van der Waals surface area contributed by atoms with E-state index in [1.165, 1.54) is 6.26 Å². The molecule has 24 heavy (non-hydrogen) atoms. The molecule has 1 aliphatic heterocycles. The maximum atomic E-state index is 12.2. The van der Waals surface area contributed by atoms with Crippen LogP contribution in [0.5, 0.6) is 0 Å². The molecule has 1 saturated heterocycles. The number of likely N-dealkylation sites (tertiary alicyclic amines) is 1. The molecule has 0 bridgehead atoms. The first-order valence-corrected chi connectivity index (χ1v) is 8.33. The van der Waals surface area contributed by atoms with Crippen LogP contribution >= 0.6 is 0 Å². The van der Waals surface area contributed by atoms with Gasteiger partial charge in [0.1, 0.15) is 5.60 Å². The van der Waals surface area contributed by atoms with Crippen LogP contribution in [0.15, 0.2) is 36.1 Å². The van der Waals surface area contributed by atoms with E-state index < -0.39 is 5.60 Å². The Bertz CT molecular complexity index is 498. The second-order valence-corrected chi connectivity index (χ2v) is 6.16. The lowest BCUT2D eigenvalue weighted by atomic mass is 10.1. The molecule has 136 valence electrons. The van der Waals surface area contributed by atoms with Gasteiger partial charge in [-0.15, -0.1) is 0 Å². The van der Waals surface area contributed by atoms with Crippen LogP contribution in [0, 0.1) is 0 Å². The monoisotopic (exact) mass is 337 g/mol. The first kappa shape index (κ1) is 22.0. The summed E-state index contributed by atoms with van der Waals surface area (Å²) in [4.78, 5) is 25.6. The Kier molecular flexibility index (Phi) is 9.77. The third kappa shape index (κ3) is 7.99. The zero-order valence-electron chi connectivity index (χ0n) is 15.8. The van der Waals surface area contributed by atoms with Crippen molar-refractivity contribution in [1.82, 2.24) is 4.90 Å². The van der Waals surface area contributed by atoms with Crippen molar-refractivity contribution in [1.29, 1.82) is 0 Å². The highest BCUT2D eigenvalue weighted by Crippen LogP contribution is 2.22. The van der Waals surface area contributed by atoms with Gasteiger partial charge in [0.25, 0.3) is 5.91 Å². The lowest BCUT2D eigenvalue weighted by Gasteiger charge is -2.20. The summed E-state index contributed by atoms with van der Waals surface area (Å²) in [6.07, 6.45) is 5.74. The van der Waals surface area contributed by atoms with Crippen LogP contribution in [-0.2, 0) is 19.1 Å². The fourth-order valence-corrected chi connectivity index (χ4v) is 2.10. The van der Waals surface area contributed by atoms with Gasteiger partial charge in [0, 0.05) is 25.1 Å². The molecule has 1 fully saturated rings. The van der Waals surface area contributed by atoms with Crippen LogP contribution < -0.4 is 0 Å². The molecule has 0 atom stereocenters. The Hall–Kier alpha value is -2.04. The van der Waals surface area contributed by atoms with Crippen LogP contribution in [-0.4, -0.2) is 42.6 Å². The van der Waals surface area contributed by atoms with E-state index in [0.717, 1.165) is 5.57 Å². The van der Waals surface area contributed by atoms with Crippen molar-refractivity contribution in [2.75, 3.05) is 20.2 Å². The molecule has 0 N–H and O–H groups in total. The molecule has 0 unspecified atom stereocenters. The molecule has 0 aromatic carbocycles. The Balaban J connectivity index is 0.00000254. The molecular formula is C19H31NO4. The van der Waals surface area contributed by atoms with Gasteiger partial charge in [-0.05, 0) is 44.9 Å². The summed E-state index contributed by atoms with van der Waals surface area (Å²) in [5.41, 5.74) is 0.895. The second-order valence-electron chi connectivity index (χ2n) is 6.16. The molecule has 1 rings (SSSR count). The summed E-state index contributed by atoms with van der Waals surface area (Å²) >= 11 is 0. The van der Waals surface area contributed by atoms with E-state index in [4.69, 9.17) is 9.47 Å². The second kappa shape index (κ2) is 10.7. The molecular weight excluding hydrogens is 306 g/mol. The summed E-state index contributed by atoms with van der Waals surface area (Å²) in [6.45, 7) is 14.4. The number of allylic oxidation sites excluding steroid dienone is 2. The van der Waals surface area contributed by atoms with E-state index in [1.807, 2.05) is 34.6 Å². The average Bonchev–Trinajstić information content (AvgIpc) is 2.75. The Morgan fingerprint density at radius 1 is 1.33 bits per heavy atom. The Labute approximate surface area is 146 Å². The number of nitrogens with zero attached hydrogens (tertiary/aromatic N) is 1. The van der Waals surface area contributed by atoms with E-state index in [-0.39, 0.29) is 11.9 Å². The normalized spacial score (nSPS) is 16.4. The Morgan fingerprint density at radius 2 is 1.96 bits per heavy atom. The quantitative estimate of drug-likeness (QED) is 0.422. The summed E-state index contributed by atoms with van der Waals surface area (Å²) in [6, 6.07) is 0. The zero-order chi connectivity index (χ0) is 18.8. The predicted molar refractivity (Wildman–Crippen MR) is 96.4 cm³/mol. The largest absolute Gasteiger partial charge is 0.504 e. The number of hydrogen-bond acceptors (Lipinski definition) is 4. The average molecular weight is 337 g/mol. The maximum absolute atomic E-state index is 12.2. The fraction of sp³-hybridized carbons (Fsp3) is 0.579. The van der Waals surface area contributed by atoms with Crippen LogP contribution in [0.1, 0.15) is 47.5 Å². The molecule has 0 aromatic heterocycles. The molecule has 0 saturated carbocycles. The van der Waals surface area contributed by atoms with Crippen LogP contribution in [0.4, 0.5) is 0 Å². The number of ether oxygens (including phenoxy) is 2. The van der Waals surface area contributed by atoms with E-state index >= 15 is 0 Å². The number of methoxy groups -OCH3 is 1. The van der Waals surface area contributed by atoms with Crippen molar-refractivity contribution in [3.05, 3.63) is 36.1 Å². The van der Waals surface area contributed by atoms with Crippen molar-refractivity contribution in [2.45, 2.75) is 53.1 Å². The fourth-order valence-electron chi connectivity index (χ4n) is 2.10. The topological polar surface area (TPSA) is 55.8 Å². The smallest absolute Gasteiger partial charge is 0.306 e. The van der Waals surface area contributed by atoms with Gasteiger partial charge in [-0.25, -0.2) is 0 Å². The van der Waals surface area contributed by atoms with E-state index in [1.54, 1.807) is 24.2 Å². The van der Waals surface area contributed by atoms with Gasteiger partial charge in [0.05, 0.1) is 13.4 Å². The van der Waals surface area contributed by atoms with E-state index in [2.05, 4.69) is 6.58 Å². The van der Waals surface area contributed by atoms with Crippen LogP contribution in [0.3, 0.4) is 0 Å². The standard InChI is InChI=1S/C17H25NO4.C2H6/c1-13-12-18(16(20)14(13)8-7-11-21-5)10-6-9-15(19)22-17(2,3)4;1-2/h7-8,11H,1,6,9-10,12H2,2-5H3;1-2H3/b11-7+,14-8+;. The minimum absolute atomic E-state index is 0.0602. The SMILES string of the molecule is C=C1CN(CCCC(=O)OC(C)(C)C)C(=O)/C1=C/C=C/OC.CC. The van der Waals surface area contributed by atoms with Crippen LogP contribution in [0.2, 0.25) is 0 Å². The summed E-state index contributed by atoms with van der Waals surface area (Å²) < 4.78 is 10.0. The number of amides is 1. The van der Waals surface area contributed by atoms with E-state index in [0.29, 0.717) is 31.5 Å². The number of hydrogen-bond donors (Lipinski definition) is 0. The predicted octanol–water partition coefficient (Wildman–Crippen LogP) is 3.62. The number of carbonyl (C=O) groups excluding carboxylic acids is 2. The third-order valence-corrected chi connectivity index (χ3v) is 2.99. The number of esters is 1. The summed E-state index contributed by atoms with van der Waals surface area (Å²) in [5, 5.41) is 0. The highest BCUT2D eigenvalue weighted by Gasteiger charge is 2.28. The van der Waals surface area contributed by atoms with Gasteiger partial charge in [0.2, 0.25) is 0 Å². The zero-order valence-corrected chi connectivity index (χ0v) is 15.8. The van der Waals surface area contributed by atoms with E-state index in [9.17, 15) is 9.59 Å². The van der Waals surface area contributed by atoms with Gasteiger partial charge in [-0.2, -0.15) is 0 Å². The van der Waals surface area contributed by atoms with Gasteiger partial charge < -0.3 is 14.4 Å². The minimum Gasteiger partial charge on any atom is -0.504 e. The summed E-state index contributed by atoms with van der Waals surface area (Å²) in [5.74, 6) is -0.299. The van der Waals surface area contributed by atoms with Crippen molar-refractivity contribution in [3.63, 3.8) is 0 Å². The number of carbonyl (C=O) groups is 2. The first-order chi connectivity index (χ1) is 11.2. The molecule has 5 heteroatoms. The number of rotatable bonds is 6. The maximum Gasteiger partial charge on any atom is 0.306 e. The van der Waals surface area contributed by atoms with Crippen molar-refractivity contribution < 1.29 is 19.1 Å². The molecule has 0 radical (unpaired) electrons. The third-order valence-electron chi connectivity index (χ3n) is 2.99. The molecule has 1 heterocycles. The molecule has 0 aromatic rings. The Morgan fingerprint density at radius 3 is 2.50 bits per heavy atom. The molecule has 1 aliphatic rings. The first-order valence-electron chi connectivity index (χ1n) is 8.33. The van der Waals surface area contributed by atoms with Crippen molar-refractivity contribution >= 4 is 11.9 Å². The minimum atomic E-state index is -0.474. The molecule has 0 aliphatic carbocycles. The van der Waals surface area contributed by atoms with Gasteiger partial charge in [-0.1, -0.05) is 20.4 Å². The highest BCUT2D eigenvalue weighted by molar-refractivity contribution is 6.01. The molecule has 1 amide bonds. The van der Waals surface area contributed by atoms with Gasteiger partial charge in [-0.3, -0.25) is 9.59 Å². The van der Waals surface area contributed by atoms with Crippen LogP contribution in [0.25, 0.3) is 0 Å². The molecule has 5 nitrogen and oxygen atoms in total. The van der Waals surface area contributed by atoms with Crippen molar-refractivity contribution in [3.8, 4) is 0 Å². The lowest BCUT2D eigenvalue weighted by molar-refractivity contribution is -0.155. The van der Waals surface area contributed by atoms with Gasteiger partial charge >= 0.3 is 5.97 Å². The summed E-state index contributed by atoms with van der Waals surface area (Å²) in [7, 11) is 1.54. The van der Waals surface area contributed by atoms with Crippen molar-refractivity contribution in [2.24, 2.45) is 0 Å².